The summed E-state index contributed by atoms with van der Waals surface area (Å²) in [7, 11) is 0. The van der Waals surface area contributed by atoms with Gasteiger partial charge in [-0.15, -0.1) is 0 Å². The molecule has 5 rings (SSSR count). The second-order valence-electron chi connectivity index (χ2n) is 7.42. The van der Waals surface area contributed by atoms with E-state index in [1.807, 2.05) is 48.5 Å². The van der Waals surface area contributed by atoms with Crippen LogP contribution in [0.2, 0.25) is 0 Å². The smallest absolute Gasteiger partial charge is 0.144 e. The Labute approximate surface area is 176 Å². The van der Waals surface area contributed by atoms with E-state index < -0.39 is 6.37 Å². The molecule has 2 nitrogen and oxygen atoms in total. The minimum Gasteiger partial charge on any atom is -0.455 e. The number of nitrogens with zero attached hydrogens (tertiary/aromatic N) is 1. The molecule has 29 heavy (non-hydrogen) atoms. The number of hydrogen-bond acceptors (Lipinski definition) is 2. The second kappa shape index (κ2) is 7.21. The van der Waals surface area contributed by atoms with Gasteiger partial charge >= 0.3 is 0 Å². The van der Waals surface area contributed by atoms with E-state index in [0.29, 0.717) is 22.4 Å². The minimum absolute atomic E-state index is 0.126. The molecular weight excluding hydrogens is 354 g/mol. The maximum Gasteiger partial charge on any atom is 0.144 e. The zero-order chi connectivity index (χ0) is 23.3. The maximum absolute atomic E-state index is 8.56. The predicted octanol–water partition coefficient (Wildman–Crippen LogP) is 7.51. The van der Waals surface area contributed by atoms with Gasteiger partial charge in [-0.2, -0.15) is 0 Å². The summed E-state index contributed by atoms with van der Waals surface area (Å²) in [6.07, 6.45) is 0.0663. The Morgan fingerprint density at radius 2 is 1.72 bits per heavy atom. The lowest BCUT2D eigenvalue weighted by molar-refractivity contribution is 0.647. The summed E-state index contributed by atoms with van der Waals surface area (Å²) >= 11 is 0. The largest absolute Gasteiger partial charge is 0.455 e. The Bertz CT molecular complexity index is 1480. The van der Waals surface area contributed by atoms with E-state index in [0.717, 1.165) is 27.5 Å². The van der Waals surface area contributed by atoms with Crippen molar-refractivity contribution in [3.8, 4) is 22.4 Å². The Morgan fingerprint density at radius 3 is 2.55 bits per heavy atom. The second-order valence-corrected chi connectivity index (χ2v) is 7.42. The lowest BCUT2D eigenvalue weighted by Crippen LogP contribution is -1.93. The van der Waals surface area contributed by atoms with E-state index in [1.54, 1.807) is 26.1 Å². The highest BCUT2D eigenvalue weighted by Crippen LogP contribution is 2.35. The zero-order valence-electron chi connectivity index (χ0n) is 20.4. The third-order valence-electron chi connectivity index (χ3n) is 4.93. The highest BCUT2D eigenvalue weighted by molar-refractivity contribution is 6.09. The molecule has 0 spiro atoms. The van der Waals surface area contributed by atoms with E-state index in [1.165, 1.54) is 12.1 Å². The molecule has 142 valence electrons. The maximum atomic E-state index is 8.56. The molecule has 2 heterocycles. The lowest BCUT2D eigenvalue weighted by Gasteiger charge is -2.08. The minimum atomic E-state index is -1.61. The molecule has 2 heteroatoms. The number of furan rings is 1. The Balaban J connectivity index is 1.64. The number of para-hydroxylation sites is 2. The fourth-order valence-electron chi connectivity index (χ4n) is 3.65. The van der Waals surface area contributed by atoms with E-state index >= 15 is 0 Å². The van der Waals surface area contributed by atoms with E-state index in [2.05, 4.69) is 4.98 Å². The first-order valence-electron chi connectivity index (χ1n) is 11.8. The van der Waals surface area contributed by atoms with Gasteiger partial charge in [-0.05, 0) is 53.2 Å². The van der Waals surface area contributed by atoms with Crippen LogP contribution in [-0.4, -0.2) is 4.98 Å². The van der Waals surface area contributed by atoms with Crippen molar-refractivity contribution < 1.29 is 9.90 Å². The van der Waals surface area contributed by atoms with Crippen LogP contribution >= 0.6 is 0 Å². The summed E-state index contributed by atoms with van der Waals surface area (Å²) in [4.78, 5) is 4.55. The van der Waals surface area contributed by atoms with Gasteiger partial charge in [-0.1, -0.05) is 68.4 Å². The average Bonchev–Trinajstić information content (AvgIpc) is 3.17. The lowest BCUT2D eigenvalue weighted by atomic mass is 9.98. The first-order valence-corrected chi connectivity index (χ1v) is 9.76. The van der Waals surface area contributed by atoms with E-state index in [9.17, 15) is 0 Å². The van der Waals surface area contributed by atoms with Crippen LogP contribution < -0.4 is 0 Å². The fourth-order valence-corrected chi connectivity index (χ4v) is 3.65. The fraction of sp³-hybridized carbons (Fsp3) is 0.148. The zero-order valence-corrected chi connectivity index (χ0v) is 16.4. The van der Waals surface area contributed by atoms with Crippen LogP contribution in [0.25, 0.3) is 44.3 Å². The molecule has 0 aliphatic carbocycles. The molecule has 0 radical (unpaired) electrons. The monoisotopic (exact) mass is 381 g/mol. The van der Waals surface area contributed by atoms with Crippen LogP contribution in [0.4, 0.5) is 0 Å². The first-order chi connectivity index (χ1) is 15.8. The third kappa shape index (κ3) is 3.31. The van der Waals surface area contributed by atoms with E-state index in [-0.39, 0.29) is 18.0 Å². The van der Waals surface area contributed by atoms with Gasteiger partial charge in [-0.25, -0.2) is 0 Å². The molecule has 0 fully saturated rings. The normalized spacial score (nSPS) is 14.0. The van der Waals surface area contributed by atoms with Gasteiger partial charge in [0.1, 0.15) is 11.2 Å². The number of rotatable bonds is 4. The molecular formula is C27H23NO. The molecule has 0 saturated carbocycles. The SMILES string of the molecule is [2H]c1cc(C([2H])([2H])C(C)C)cc([2H])c1-c1ccnc(-c2cccc3c2oc2ccccc23)c1. The predicted molar refractivity (Wildman–Crippen MR) is 121 cm³/mol. The Morgan fingerprint density at radius 1 is 0.931 bits per heavy atom. The average molecular weight is 382 g/mol. The number of hydrogen-bond donors (Lipinski definition) is 0. The molecule has 0 amide bonds. The van der Waals surface area contributed by atoms with Crippen molar-refractivity contribution in [3.63, 3.8) is 0 Å². The van der Waals surface area contributed by atoms with Crippen molar-refractivity contribution in [2.24, 2.45) is 5.92 Å². The Kier molecular flexibility index (Phi) is 3.42. The highest BCUT2D eigenvalue weighted by atomic mass is 16.3. The van der Waals surface area contributed by atoms with Crippen molar-refractivity contribution in [1.29, 1.82) is 0 Å². The molecule has 0 unspecified atom stereocenters. The van der Waals surface area contributed by atoms with Gasteiger partial charge in [0.15, 0.2) is 0 Å². The van der Waals surface area contributed by atoms with Crippen molar-refractivity contribution in [2.75, 3.05) is 0 Å². The Hall–Kier alpha value is -3.39. The van der Waals surface area contributed by atoms with Gasteiger partial charge in [0.2, 0.25) is 0 Å². The molecule has 0 aliphatic rings. The van der Waals surface area contributed by atoms with Crippen molar-refractivity contribution in [1.82, 2.24) is 4.98 Å². The summed E-state index contributed by atoms with van der Waals surface area (Å²) < 4.78 is 40.0. The summed E-state index contributed by atoms with van der Waals surface area (Å²) in [5, 5.41) is 2.06. The molecule has 0 bridgehead atoms. The summed E-state index contributed by atoms with van der Waals surface area (Å²) in [5.74, 6) is -0.265. The van der Waals surface area contributed by atoms with Crippen LogP contribution in [-0.2, 0) is 6.37 Å². The van der Waals surface area contributed by atoms with Crippen molar-refractivity contribution >= 4 is 21.9 Å². The molecule has 0 saturated heterocycles. The van der Waals surface area contributed by atoms with Gasteiger partial charge in [0.25, 0.3) is 0 Å². The molecule has 0 N–H and O–H groups in total. The number of fused-ring (bicyclic) bond motifs is 3. The summed E-state index contributed by atoms with van der Waals surface area (Å²) in [6.45, 7) is 3.60. The molecule has 0 atom stereocenters. The topological polar surface area (TPSA) is 26.0 Å². The van der Waals surface area contributed by atoms with Crippen LogP contribution in [0.1, 0.15) is 24.9 Å². The van der Waals surface area contributed by atoms with Crippen LogP contribution in [0.15, 0.2) is 89.4 Å². The van der Waals surface area contributed by atoms with Gasteiger partial charge in [0.05, 0.1) is 8.44 Å². The van der Waals surface area contributed by atoms with Gasteiger partial charge < -0.3 is 4.42 Å². The molecule has 5 aromatic rings. The molecule has 0 aliphatic heterocycles. The van der Waals surface area contributed by atoms with Crippen molar-refractivity contribution in [2.45, 2.75) is 20.2 Å². The molecule has 2 aromatic heterocycles. The number of pyridine rings is 1. The number of aromatic nitrogens is 1. The highest BCUT2D eigenvalue weighted by Gasteiger charge is 2.13. The summed E-state index contributed by atoms with van der Waals surface area (Å²) in [5.41, 5.74) is 4.61. The number of benzene rings is 3. The van der Waals surface area contributed by atoms with Gasteiger partial charge in [-0.3, -0.25) is 4.98 Å². The van der Waals surface area contributed by atoms with Crippen LogP contribution in [0.3, 0.4) is 0 Å². The first kappa shape index (κ1) is 13.7. The standard InChI is InChI=1S/C27H23NO/c1-18(2)16-19-10-12-20(13-11-19)21-14-15-28-25(17-21)24-8-5-7-23-22-6-3-4-9-26(22)29-27(23)24/h3-15,17-18H,16H2,1-2H3/i12D,13D,16D2. The third-order valence-corrected chi connectivity index (χ3v) is 4.93. The molecule has 3 aromatic carbocycles. The van der Waals surface area contributed by atoms with Crippen LogP contribution in [0, 0.1) is 5.92 Å². The quantitative estimate of drug-likeness (QED) is 0.322. The van der Waals surface area contributed by atoms with E-state index in [4.69, 9.17) is 9.90 Å². The van der Waals surface area contributed by atoms with Crippen molar-refractivity contribution in [3.05, 3.63) is 90.6 Å². The van der Waals surface area contributed by atoms with Gasteiger partial charge in [0, 0.05) is 25.3 Å². The summed E-state index contributed by atoms with van der Waals surface area (Å²) in [6, 6.07) is 20.8. The van der Waals surface area contributed by atoms with Crippen LogP contribution in [0.5, 0.6) is 0 Å².